The van der Waals surface area contributed by atoms with E-state index >= 15 is 0 Å². The van der Waals surface area contributed by atoms with Gasteiger partial charge in [-0.3, -0.25) is 4.90 Å². The van der Waals surface area contributed by atoms with E-state index in [1.165, 1.54) is 12.1 Å². The van der Waals surface area contributed by atoms with Gasteiger partial charge in [-0.15, -0.1) is 11.3 Å². The molecule has 0 saturated heterocycles. The molecule has 110 valence electrons. The van der Waals surface area contributed by atoms with E-state index in [1.807, 2.05) is 5.51 Å². The van der Waals surface area contributed by atoms with Crippen molar-refractivity contribution < 1.29 is 0 Å². The first-order valence-electron chi connectivity index (χ1n) is 7.05. The standard InChI is InChI=1S/C15H29N3S/c1-7-15(5,10-17-14(2,3)4)11-18(6)8-13-9-19-12-16-13/h9,12,17H,7-8,10-11H2,1-6H3. The number of aromatic nitrogens is 1. The Bertz CT molecular complexity index is 356. The first-order valence-corrected chi connectivity index (χ1v) is 7.99. The minimum Gasteiger partial charge on any atom is -0.311 e. The van der Waals surface area contributed by atoms with Gasteiger partial charge in [-0.2, -0.15) is 0 Å². The van der Waals surface area contributed by atoms with Gasteiger partial charge < -0.3 is 5.32 Å². The van der Waals surface area contributed by atoms with E-state index in [9.17, 15) is 0 Å². The van der Waals surface area contributed by atoms with Gasteiger partial charge in [0, 0.05) is 30.6 Å². The zero-order chi connectivity index (χ0) is 14.5. The third kappa shape index (κ3) is 6.50. The van der Waals surface area contributed by atoms with Crippen LogP contribution in [-0.4, -0.2) is 35.6 Å². The molecule has 0 aromatic carbocycles. The fraction of sp³-hybridized carbons (Fsp3) is 0.800. The molecule has 0 aliphatic heterocycles. The molecule has 0 spiro atoms. The minimum atomic E-state index is 0.184. The van der Waals surface area contributed by atoms with E-state index in [1.54, 1.807) is 11.3 Å². The molecule has 0 saturated carbocycles. The Kier molecular flexibility index (Phi) is 5.96. The highest BCUT2D eigenvalue weighted by molar-refractivity contribution is 7.07. The average Bonchev–Trinajstić information content (AvgIpc) is 2.78. The molecule has 19 heavy (non-hydrogen) atoms. The highest BCUT2D eigenvalue weighted by atomic mass is 32.1. The lowest BCUT2D eigenvalue weighted by molar-refractivity contribution is 0.163. The van der Waals surface area contributed by atoms with Gasteiger partial charge in [-0.05, 0) is 39.7 Å². The summed E-state index contributed by atoms with van der Waals surface area (Å²) in [4.78, 5) is 6.74. The molecule has 1 N–H and O–H groups in total. The highest BCUT2D eigenvalue weighted by Crippen LogP contribution is 2.23. The van der Waals surface area contributed by atoms with Crippen molar-refractivity contribution in [2.24, 2.45) is 5.41 Å². The molecule has 0 bridgehead atoms. The summed E-state index contributed by atoms with van der Waals surface area (Å²) in [5.74, 6) is 0. The Morgan fingerprint density at radius 3 is 2.47 bits per heavy atom. The van der Waals surface area contributed by atoms with Crippen LogP contribution in [0.2, 0.25) is 0 Å². The number of nitrogens with one attached hydrogen (secondary N) is 1. The fourth-order valence-electron chi connectivity index (χ4n) is 2.07. The van der Waals surface area contributed by atoms with Crippen molar-refractivity contribution in [3.63, 3.8) is 0 Å². The van der Waals surface area contributed by atoms with Crippen LogP contribution in [0.1, 0.15) is 46.7 Å². The first kappa shape index (κ1) is 16.6. The van der Waals surface area contributed by atoms with Crippen LogP contribution in [0, 0.1) is 5.41 Å². The monoisotopic (exact) mass is 283 g/mol. The van der Waals surface area contributed by atoms with Gasteiger partial charge in [0.15, 0.2) is 0 Å². The third-order valence-electron chi connectivity index (χ3n) is 3.47. The fourth-order valence-corrected chi connectivity index (χ4v) is 2.62. The highest BCUT2D eigenvalue weighted by Gasteiger charge is 2.26. The van der Waals surface area contributed by atoms with E-state index < -0.39 is 0 Å². The second kappa shape index (κ2) is 6.82. The van der Waals surface area contributed by atoms with Crippen molar-refractivity contribution in [2.75, 3.05) is 20.1 Å². The Morgan fingerprint density at radius 2 is 2.00 bits per heavy atom. The molecule has 0 aliphatic carbocycles. The molecule has 0 aliphatic rings. The summed E-state index contributed by atoms with van der Waals surface area (Å²) in [6.45, 7) is 14.4. The van der Waals surface area contributed by atoms with Crippen LogP contribution < -0.4 is 5.32 Å². The maximum atomic E-state index is 4.36. The summed E-state index contributed by atoms with van der Waals surface area (Å²) in [5, 5.41) is 5.77. The zero-order valence-corrected chi connectivity index (χ0v) is 14.1. The van der Waals surface area contributed by atoms with Crippen molar-refractivity contribution in [2.45, 2.75) is 53.1 Å². The molecule has 1 atom stereocenters. The number of thiazole rings is 1. The summed E-state index contributed by atoms with van der Waals surface area (Å²) >= 11 is 1.67. The van der Waals surface area contributed by atoms with Crippen LogP contribution in [0.5, 0.6) is 0 Å². The molecular weight excluding hydrogens is 254 g/mol. The van der Waals surface area contributed by atoms with Gasteiger partial charge in [0.1, 0.15) is 0 Å². The Balaban J connectivity index is 2.49. The van der Waals surface area contributed by atoms with Crippen molar-refractivity contribution in [1.29, 1.82) is 0 Å². The molecule has 3 nitrogen and oxygen atoms in total. The topological polar surface area (TPSA) is 28.2 Å². The summed E-state index contributed by atoms with van der Waals surface area (Å²) in [7, 11) is 2.18. The summed E-state index contributed by atoms with van der Waals surface area (Å²) in [5.41, 5.74) is 3.57. The number of hydrogen-bond donors (Lipinski definition) is 1. The van der Waals surface area contributed by atoms with Crippen LogP contribution >= 0.6 is 11.3 Å². The molecule has 1 aromatic heterocycles. The normalized spacial score (nSPS) is 15.7. The summed E-state index contributed by atoms with van der Waals surface area (Å²) in [6, 6.07) is 0. The van der Waals surface area contributed by atoms with Crippen molar-refractivity contribution in [3.8, 4) is 0 Å². The lowest BCUT2D eigenvalue weighted by atomic mass is 9.86. The second-order valence-electron chi connectivity index (χ2n) is 6.92. The Labute approximate surface area is 122 Å². The second-order valence-corrected chi connectivity index (χ2v) is 7.64. The molecule has 1 heterocycles. The van der Waals surface area contributed by atoms with Gasteiger partial charge >= 0.3 is 0 Å². The third-order valence-corrected chi connectivity index (χ3v) is 4.10. The van der Waals surface area contributed by atoms with E-state index in [2.05, 4.69) is 62.2 Å². The van der Waals surface area contributed by atoms with Gasteiger partial charge in [0.2, 0.25) is 0 Å². The van der Waals surface area contributed by atoms with Crippen LogP contribution in [-0.2, 0) is 6.54 Å². The quantitative estimate of drug-likeness (QED) is 0.831. The average molecular weight is 283 g/mol. The van der Waals surface area contributed by atoms with E-state index in [0.29, 0.717) is 5.41 Å². The zero-order valence-electron chi connectivity index (χ0n) is 13.3. The maximum absolute atomic E-state index is 4.36. The van der Waals surface area contributed by atoms with Crippen LogP contribution in [0.3, 0.4) is 0 Å². The van der Waals surface area contributed by atoms with Gasteiger partial charge in [-0.1, -0.05) is 13.8 Å². The van der Waals surface area contributed by atoms with Gasteiger partial charge in [0.05, 0.1) is 11.2 Å². The summed E-state index contributed by atoms with van der Waals surface area (Å²) in [6.07, 6.45) is 1.18. The predicted octanol–water partition coefficient (Wildman–Crippen LogP) is 3.38. The van der Waals surface area contributed by atoms with Gasteiger partial charge in [-0.25, -0.2) is 4.98 Å². The molecule has 0 radical (unpaired) electrons. The van der Waals surface area contributed by atoms with Crippen molar-refractivity contribution in [3.05, 3.63) is 16.6 Å². The van der Waals surface area contributed by atoms with E-state index in [-0.39, 0.29) is 5.54 Å². The lowest BCUT2D eigenvalue weighted by Crippen LogP contribution is -2.46. The number of hydrogen-bond acceptors (Lipinski definition) is 4. The Morgan fingerprint density at radius 1 is 1.32 bits per heavy atom. The maximum Gasteiger partial charge on any atom is 0.0795 e. The summed E-state index contributed by atoms with van der Waals surface area (Å²) < 4.78 is 0. The van der Waals surface area contributed by atoms with E-state index in [4.69, 9.17) is 0 Å². The molecule has 1 rings (SSSR count). The van der Waals surface area contributed by atoms with Crippen molar-refractivity contribution >= 4 is 11.3 Å². The van der Waals surface area contributed by atoms with Crippen LogP contribution in [0.4, 0.5) is 0 Å². The molecule has 0 amide bonds. The van der Waals surface area contributed by atoms with Crippen LogP contribution in [0.25, 0.3) is 0 Å². The molecule has 0 fully saturated rings. The smallest absolute Gasteiger partial charge is 0.0795 e. The van der Waals surface area contributed by atoms with E-state index in [0.717, 1.165) is 19.6 Å². The number of rotatable bonds is 7. The molecular formula is C15H29N3S. The Hall–Kier alpha value is -0.450. The molecule has 4 heteroatoms. The molecule has 1 unspecified atom stereocenters. The SMILES string of the molecule is CCC(C)(CNC(C)(C)C)CN(C)Cc1cscn1. The predicted molar refractivity (Wildman–Crippen MR) is 84.6 cm³/mol. The van der Waals surface area contributed by atoms with Gasteiger partial charge in [0.25, 0.3) is 0 Å². The van der Waals surface area contributed by atoms with Crippen LogP contribution in [0.15, 0.2) is 10.9 Å². The lowest BCUT2D eigenvalue weighted by Gasteiger charge is -2.36. The first-order chi connectivity index (χ1) is 8.74. The molecule has 1 aromatic rings. The largest absolute Gasteiger partial charge is 0.311 e. The number of nitrogens with zero attached hydrogens (tertiary/aromatic N) is 2. The van der Waals surface area contributed by atoms with Crippen molar-refractivity contribution in [1.82, 2.24) is 15.2 Å². The minimum absolute atomic E-state index is 0.184.